The Kier molecular flexibility index (Phi) is 3270. The van der Waals surface area contributed by atoms with E-state index in [2.05, 4.69) is 0 Å². The summed E-state index contributed by atoms with van der Waals surface area (Å²) in [4.78, 5) is 0. The quantitative estimate of drug-likeness (QED) is 0.226. The summed E-state index contributed by atoms with van der Waals surface area (Å²) in [5.74, 6) is 0. The molecule has 0 aliphatic carbocycles. The third-order valence-electron chi connectivity index (χ3n) is 0. The Labute approximate surface area is 333 Å². The largest absolute Gasteiger partial charge is 1.00 e. The van der Waals surface area contributed by atoms with Gasteiger partial charge in [0.05, 0.1) is 0 Å². The second-order valence-electron chi connectivity index (χ2n) is 0. The summed E-state index contributed by atoms with van der Waals surface area (Å²) >= 11 is 0. The van der Waals surface area contributed by atoms with Crippen molar-refractivity contribution in [1.82, 2.24) is 0 Å². The number of hydrogen-bond donors (Lipinski definition) is 0. The van der Waals surface area contributed by atoms with E-state index in [0.29, 0.717) is 0 Å². The van der Waals surface area contributed by atoms with Gasteiger partial charge < -0.3 is 7.13 Å². The van der Waals surface area contributed by atoms with Gasteiger partial charge in [-0.25, -0.2) is 0 Å². The van der Waals surface area contributed by atoms with Crippen molar-refractivity contribution >= 4 is 186 Å². The molecule has 0 saturated heterocycles. The Bertz CT molecular complexity index is 34.3. The van der Waals surface area contributed by atoms with Crippen molar-refractivity contribution < 1.29 is 155 Å². The van der Waals surface area contributed by atoms with Crippen LogP contribution in [0.1, 0.15) is 7.13 Å². The monoisotopic (exact) mass is 660 g/mol. The zero-order chi connectivity index (χ0) is 0. The van der Waals surface area contributed by atoms with Crippen LogP contribution >= 0.6 is 186 Å². The predicted molar refractivity (Wildman–Crippen MR) is 114 cm³/mol. The minimum Gasteiger partial charge on any atom is -1.00 e. The summed E-state index contributed by atoms with van der Waals surface area (Å²) in [5.41, 5.74) is 0. The van der Waals surface area contributed by atoms with Gasteiger partial charge in [-0.15, -0.1) is 186 Å². The van der Waals surface area contributed by atoms with E-state index in [1.807, 2.05) is 0 Å². The molecule has 0 atom stereocenters. The molecule has 0 aliphatic rings. The van der Waals surface area contributed by atoms with E-state index in [0.717, 1.165) is 0 Å². The van der Waals surface area contributed by atoms with Crippen LogP contribution in [-0.2, 0) is 0 Å². The molecule has 0 unspecified atom stereocenters. The van der Waals surface area contributed by atoms with Crippen LogP contribution < -0.4 is 148 Å². The van der Waals surface area contributed by atoms with Crippen LogP contribution in [0.25, 0.3) is 0 Å². The van der Waals surface area contributed by atoms with Gasteiger partial charge in [-0.3, -0.25) is 0 Å². The van der Waals surface area contributed by atoms with Crippen LogP contribution in [0.15, 0.2) is 0 Å². The number of hydrogen-bond acceptors (Lipinski definition) is 0. The van der Waals surface area contributed by atoms with E-state index in [-0.39, 0.29) is 341 Å². The van der Waals surface area contributed by atoms with Crippen LogP contribution in [0, 0.1) is 0 Å². The van der Waals surface area contributed by atoms with Gasteiger partial charge in [0, 0.05) is 0 Å². The Morgan fingerprint density at radius 2 is 0.150 bits per heavy atom. The van der Waals surface area contributed by atoms with Crippen molar-refractivity contribution in [3.8, 4) is 0 Å². The van der Waals surface area contributed by atoms with Gasteiger partial charge in [0.1, 0.15) is 0 Å². The van der Waals surface area contributed by atoms with Crippen LogP contribution in [0.2, 0.25) is 0 Å². The molecule has 0 N–H and O–H groups in total. The maximum Gasteiger partial charge on any atom is 1.00 e. The summed E-state index contributed by atoms with van der Waals surface area (Å²) < 4.78 is 0. The SMILES string of the molecule is Cl.Cl.Cl.Cl.Cl.Cl.Cl.Cl.Cl.Cl.Cl.Cl.Cl.Cl.Cl.[H-].[H-].[H-].[H-].[H-].[Na+].[Na+].[Na+].[Na+].[Na+]. The molecule has 0 bridgehead atoms. The van der Waals surface area contributed by atoms with E-state index >= 15 is 0 Å². The Morgan fingerprint density at radius 1 is 0.150 bits per heavy atom. The molecule has 0 aromatic rings. The first-order valence-electron chi connectivity index (χ1n) is 0. The molecule has 0 nitrogen and oxygen atoms in total. The molecule has 0 aromatic carbocycles. The molecule has 0 saturated carbocycles. The first-order valence-corrected chi connectivity index (χ1v) is 0. The normalized spacial score (nSPS) is 0. The molecule has 0 rings (SSSR count). The zero-order valence-corrected chi connectivity index (χ0v) is 33.4. The maximum absolute atomic E-state index is 0. The van der Waals surface area contributed by atoms with Gasteiger partial charge in [-0.2, -0.15) is 0 Å². The van der Waals surface area contributed by atoms with Crippen LogP contribution in [0.3, 0.4) is 0 Å². The topological polar surface area (TPSA) is 0 Å². The minimum atomic E-state index is 0. The van der Waals surface area contributed by atoms with Crippen molar-refractivity contribution in [3.63, 3.8) is 0 Å². The average molecular weight is 667 g/mol. The summed E-state index contributed by atoms with van der Waals surface area (Å²) in [6.45, 7) is 0. The molecule has 0 radical (unpaired) electrons. The summed E-state index contributed by atoms with van der Waals surface area (Å²) in [7, 11) is 0. The average Bonchev–Trinajstić information content (AvgIpc) is 0. The Morgan fingerprint density at radius 3 is 0.150 bits per heavy atom. The summed E-state index contributed by atoms with van der Waals surface area (Å²) in [6, 6.07) is 0. The van der Waals surface area contributed by atoms with E-state index in [9.17, 15) is 0 Å². The van der Waals surface area contributed by atoms with Gasteiger partial charge in [-0.05, 0) is 0 Å². The third-order valence-corrected chi connectivity index (χ3v) is 0. The maximum atomic E-state index is 0. The van der Waals surface area contributed by atoms with Gasteiger partial charge in [-0.1, -0.05) is 0 Å². The molecule has 0 amide bonds. The number of rotatable bonds is 0. The summed E-state index contributed by atoms with van der Waals surface area (Å²) in [6.07, 6.45) is 0. The predicted octanol–water partition coefficient (Wildman–Crippen LogP) is -8.09. The zero-order valence-electron chi connectivity index (χ0n) is 16.1. The van der Waals surface area contributed by atoms with Crippen molar-refractivity contribution in [2.45, 2.75) is 0 Å². The third kappa shape index (κ3) is 217. The molecule has 20 heteroatoms. The Balaban J connectivity index is 0. The first-order chi connectivity index (χ1) is 0. The standard InChI is InChI=1S/15ClH.5Na.5H/h15*1H;;;;;;;;;;/q;;;;;;;;;;;;;;;5*+1;5*-1. The van der Waals surface area contributed by atoms with E-state index in [1.54, 1.807) is 0 Å². The number of halogens is 15. The molecule has 0 spiro atoms. The van der Waals surface area contributed by atoms with Crippen molar-refractivity contribution in [2.24, 2.45) is 0 Å². The molecule has 0 heterocycles. The van der Waals surface area contributed by atoms with Gasteiger partial charge in [0.25, 0.3) is 0 Å². The molecule has 0 aliphatic heterocycles. The fourth-order valence-electron chi connectivity index (χ4n) is 0. The molecular weight excluding hydrogens is 647 g/mol. The van der Waals surface area contributed by atoms with Crippen molar-refractivity contribution in [3.05, 3.63) is 0 Å². The smallest absolute Gasteiger partial charge is 1.00 e. The molecule has 0 fully saturated rings. The van der Waals surface area contributed by atoms with E-state index < -0.39 is 0 Å². The van der Waals surface area contributed by atoms with Crippen LogP contribution in [0.4, 0.5) is 0 Å². The van der Waals surface area contributed by atoms with Crippen molar-refractivity contribution in [2.75, 3.05) is 0 Å². The molecule has 130 valence electrons. The van der Waals surface area contributed by atoms with Crippen LogP contribution in [-0.4, -0.2) is 0 Å². The van der Waals surface area contributed by atoms with Gasteiger partial charge >= 0.3 is 148 Å². The van der Waals surface area contributed by atoms with Crippen molar-refractivity contribution in [1.29, 1.82) is 0 Å². The van der Waals surface area contributed by atoms with Crippen LogP contribution in [0.5, 0.6) is 0 Å². The molecule has 20 heavy (non-hydrogen) atoms. The van der Waals surface area contributed by atoms with Gasteiger partial charge in [0.2, 0.25) is 0 Å². The van der Waals surface area contributed by atoms with Gasteiger partial charge in [0.15, 0.2) is 0 Å². The van der Waals surface area contributed by atoms with E-state index in [1.165, 1.54) is 0 Å². The fourth-order valence-corrected chi connectivity index (χ4v) is 0. The second-order valence-corrected chi connectivity index (χ2v) is 0. The minimum absolute atomic E-state index is 0. The second kappa shape index (κ2) is 243. The molecule has 0 aromatic heterocycles. The summed E-state index contributed by atoms with van der Waals surface area (Å²) in [5, 5.41) is 0. The van der Waals surface area contributed by atoms with E-state index in [4.69, 9.17) is 0 Å². The molecular formula is H20Cl15Na5. The Hall–Kier alpha value is 9.35. The fraction of sp³-hybridized carbons (Fsp3) is 0. The first kappa shape index (κ1) is 270.